The van der Waals surface area contributed by atoms with Gasteiger partial charge in [-0.3, -0.25) is 9.69 Å². The summed E-state index contributed by atoms with van der Waals surface area (Å²) >= 11 is 0. The predicted molar refractivity (Wildman–Crippen MR) is 95.1 cm³/mol. The van der Waals surface area contributed by atoms with Crippen LogP contribution in [0.2, 0.25) is 0 Å². The molecule has 7 nitrogen and oxygen atoms in total. The molecule has 25 heavy (non-hydrogen) atoms. The van der Waals surface area contributed by atoms with Crippen molar-refractivity contribution in [1.82, 2.24) is 30.4 Å². The number of aromatic nitrogens is 4. The van der Waals surface area contributed by atoms with Gasteiger partial charge in [-0.05, 0) is 48.2 Å². The second-order valence-corrected chi connectivity index (χ2v) is 6.66. The Bertz CT molecular complexity index is 705. The van der Waals surface area contributed by atoms with Crippen molar-refractivity contribution in [2.24, 2.45) is 0 Å². The molecule has 0 bridgehead atoms. The summed E-state index contributed by atoms with van der Waals surface area (Å²) in [5, 5.41) is 15.1. The molecule has 7 heteroatoms. The van der Waals surface area contributed by atoms with E-state index in [1.807, 2.05) is 35.9 Å². The van der Waals surface area contributed by atoms with Gasteiger partial charge in [-0.25, -0.2) is 4.68 Å². The van der Waals surface area contributed by atoms with Gasteiger partial charge < -0.3 is 5.32 Å². The first kappa shape index (κ1) is 17.5. The second kappa shape index (κ2) is 8.20. The van der Waals surface area contributed by atoms with Crippen LogP contribution in [0, 0.1) is 6.92 Å². The topological polar surface area (TPSA) is 75.9 Å². The van der Waals surface area contributed by atoms with E-state index in [0.29, 0.717) is 0 Å². The third-order valence-electron chi connectivity index (χ3n) is 4.72. The van der Waals surface area contributed by atoms with Gasteiger partial charge in [-0.2, -0.15) is 0 Å². The van der Waals surface area contributed by atoms with Crippen molar-refractivity contribution in [3.05, 3.63) is 41.2 Å². The standard InChI is InChI=1S/C18H26N6O/c1-3-10-24-17(20-21-22-24)13-23-11-8-15(9-12-23)19-18(25)16-7-5-4-6-14(16)2/h4-7,15H,3,8-13H2,1-2H3,(H,19,25). The highest BCUT2D eigenvalue weighted by Crippen LogP contribution is 2.14. The Morgan fingerprint density at radius 2 is 2.04 bits per heavy atom. The molecule has 1 aliphatic rings. The van der Waals surface area contributed by atoms with E-state index in [1.165, 1.54) is 0 Å². The minimum absolute atomic E-state index is 0.0310. The molecule has 2 heterocycles. The summed E-state index contributed by atoms with van der Waals surface area (Å²) in [7, 11) is 0. The van der Waals surface area contributed by atoms with Crippen LogP contribution in [-0.4, -0.2) is 50.1 Å². The molecule has 1 N–H and O–H groups in total. The van der Waals surface area contributed by atoms with Crippen LogP contribution in [-0.2, 0) is 13.1 Å². The van der Waals surface area contributed by atoms with Gasteiger partial charge in [0.2, 0.25) is 0 Å². The average Bonchev–Trinajstić information content (AvgIpc) is 3.04. The lowest BCUT2D eigenvalue weighted by molar-refractivity contribution is 0.0907. The molecular weight excluding hydrogens is 316 g/mol. The minimum Gasteiger partial charge on any atom is -0.349 e. The second-order valence-electron chi connectivity index (χ2n) is 6.66. The van der Waals surface area contributed by atoms with Crippen LogP contribution in [0.1, 0.15) is 47.9 Å². The molecule has 2 aromatic rings. The zero-order valence-electron chi connectivity index (χ0n) is 15.0. The molecule has 1 aromatic carbocycles. The van der Waals surface area contributed by atoms with E-state index < -0.39 is 0 Å². The van der Waals surface area contributed by atoms with E-state index in [-0.39, 0.29) is 11.9 Å². The number of carbonyl (C=O) groups is 1. The smallest absolute Gasteiger partial charge is 0.251 e. The number of nitrogens with zero attached hydrogens (tertiary/aromatic N) is 5. The summed E-state index contributed by atoms with van der Waals surface area (Å²) in [4.78, 5) is 14.8. The molecule has 0 atom stereocenters. The van der Waals surface area contributed by atoms with Gasteiger partial charge >= 0.3 is 0 Å². The van der Waals surface area contributed by atoms with Gasteiger partial charge in [0.15, 0.2) is 5.82 Å². The van der Waals surface area contributed by atoms with Crippen molar-refractivity contribution in [1.29, 1.82) is 0 Å². The van der Waals surface area contributed by atoms with Crippen LogP contribution >= 0.6 is 0 Å². The van der Waals surface area contributed by atoms with Crippen LogP contribution in [0.3, 0.4) is 0 Å². The SMILES string of the molecule is CCCn1nnnc1CN1CCC(NC(=O)c2ccccc2C)CC1. The molecule has 1 amide bonds. The number of hydrogen-bond acceptors (Lipinski definition) is 5. The van der Waals surface area contributed by atoms with E-state index in [2.05, 4.69) is 32.7 Å². The first-order valence-electron chi connectivity index (χ1n) is 9.01. The lowest BCUT2D eigenvalue weighted by Gasteiger charge is -2.32. The Morgan fingerprint density at radius 1 is 1.28 bits per heavy atom. The number of benzene rings is 1. The van der Waals surface area contributed by atoms with Gasteiger partial charge in [0, 0.05) is 31.2 Å². The highest BCUT2D eigenvalue weighted by molar-refractivity contribution is 5.95. The van der Waals surface area contributed by atoms with Crippen molar-refractivity contribution in [3.63, 3.8) is 0 Å². The zero-order valence-corrected chi connectivity index (χ0v) is 15.0. The summed E-state index contributed by atoms with van der Waals surface area (Å²) in [6.07, 6.45) is 2.92. The first-order chi connectivity index (χ1) is 12.2. The number of piperidine rings is 1. The zero-order chi connectivity index (χ0) is 17.6. The molecule has 1 saturated heterocycles. The number of aryl methyl sites for hydroxylation is 2. The van der Waals surface area contributed by atoms with Crippen LogP contribution in [0.5, 0.6) is 0 Å². The van der Waals surface area contributed by atoms with Crippen LogP contribution in [0.15, 0.2) is 24.3 Å². The maximum atomic E-state index is 12.4. The van der Waals surface area contributed by atoms with Gasteiger partial charge in [-0.15, -0.1) is 5.10 Å². The summed E-state index contributed by atoms with van der Waals surface area (Å²) < 4.78 is 1.88. The van der Waals surface area contributed by atoms with Gasteiger partial charge in [0.05, 0.1) is 6.54 Å². The maximum Gasteiger partial charge on any atom is 0.251 e. The third-order valence-corrected chi connectivity index (χ3v) is 4.72. The number of likely N-dealkylation sites (tertiary alicyclic amines) is 1. The fourth-order valence-corrected chi connectivity index (χ4v) is 3.25. The molecule has 1 aliphatic heterocycles. The van der Waals surface area contributed by atoms with E-state index in [0.717, 1.165) is 62.4 Å². The highest BCUT2D eigenvalue weighted by Gasteiger charge is 2.23. The lowest BCUT2D eigenvalue weighted by atomic mass is 10.0. The average molecular weight is 342 g/mol. The summed E-state index contributed by atoms with van der Waals surface area (Å²) in [5.41, 5.74) is 1.78. The van der Waals surface area contributed by atoms with E-state index >= 15 is 0 Å². The number of tetrazole rings is 1. The molecule has 134 valence electrons. The molecular formula is C18H26N6O. The normalized spacial score (nSPS) is 16.1. The predicted octanol–water partition coefficient (Wildman–Crippen LogP) is 1.79. The Labute approximate surface area is 148 Å². The van der Waals surface area contributed by atoms with Crippen molar-refractivity contribution < 1.29 is 4.79 Å². The van der Waals surface area contributed by atoms with Crippen LogP contribution < -0.4 is 5.32 Å². The van der Waals surface area contributed by atoms with E-state index in [9.17, 15) is 4.79 Å². The van der Waals surface area contributed by atoms with Crippen molar-refractivity contribution in [2.75, 3.05) is 13.1 Å². The number of rotatable bonds is 6. The molecule has 1 aromatic heterocycles. The van der Waals surface area contributed by atoms with Crippen LogP contribution in [0.25, 0.3) is 0 Å². The maximum absolute atomic E-state index is 12.4. The number of hydrogen-bond donors (Lipinski definition) is 1. The minimum atomic E-state index is 0.0310. The Balaban J connectivity index is 1.49. The number of carbonyl (C=O) groups excluding carboxylic acids is 1. The molecule has 1 fully saturated rings. The van der Waals surface area contributed by atoms with Gasteiger partial charge in [0.25, 0.3) is 5.91 Å². The molecule has 0 spiro atoms. The van der Waals surface area contributed by atoms with Crippen LogP contribution in [0.4, 0.5) is 0 Å². The van der Waals surface area contributed by atoms with Crippen molar-refractivity contribution >= 4 is 5.91 Å². The third kappa shape index (κ3) is 4.42. The van der Waals surface area contributed by atoms with Gasteiger partial charge in [0.1, 0.15) is 0 Å². The molecule has 0 unspecified atom stereocenters. The fraction of sp³-hybridized carbons (Fsp3) is 0.556. The quantitative estimate of drug-likeness (QED) is 0.866. The number of amides is 1. The lowest BCUT2D eigenvalue weighted by Crippen LogP contribution is -2.44. The highest BCUT2D eigenvalue weighted by atomic mass is 16.1. The Morgan fingerprint density at radius 3 is 2.76 bits per heavy atom. The largest absolute Gasteiger partial charge is 0.349 e. The summed E-state index contributed by atoms with van der Waals surface area (Å²) in [6, 6.07) is 7.95. The number of nitrogens with one attached hydrogen (secondary N) is 1. The molecule has 3 rings (SSSR count). The molecule has 0 radical (unpaired) electrons. The molecule has 0 saturated carbocycles. The monoisotopic (exact) mass is 342 g/mol. The van der Waals surface area contributed by atoms with E-state index in [4.69, 9.17) is 0 Å². The first-order valence-corrected chi connectivity index (χ1v) is 9.01. The van der Waals surface area contributed by atoms with Crippen molar-refractivity contribution in [2.45, 2.75) is 52.2 Å². The summed E-state index contributed by atoms with van der Waals surface area (Å²) in [5.74, 6) is 0.952. The Kier molecular flexibility index (Phi) is 5.75. The van der Waals surface area contributed by atoms with Gasteiger partial charge in [-0.1, -0.05) is 25.1 Å². The fourth-order valence-electron chi connectivity index (χ4n) is 3.25. The molecule has 0 aliphatic carbocycles. The van der Waals surface area contributed by atoms with E-state index in [1.54, 1.807) is 0 Å². The van der Waals surface area contributed by atoms with Crippen molar-refractivity contribution in [3.8, 4) is 0 Å². The summed E-state index contributed by atoms with van der Waals surface area (Å²) in [6.45, 7) is 7.60. The Hall–Kier alpha value is -2.28.